The number of nitrogens with zero attached hydrogens (tertiary/aromatic N) is 1. The molecule has 1 aliphatic heterocycles. The van der Waals surface area contributed by atoms with Crippen molar-refractivity contribution in [3.63, 3.8) is 0 Å². The van der Waals surface area contributed by atoms with Crippen molar-refractivity contribution in [3.8, 4) is 0 Å². The summed E-state index contributed by atoms with van der Waals surface area (Å²) in [6.07, 6.45) is 1.54. The van der Waals surface area contributed by atoms with Gasteiger partial charge in [0.05, 0.1) is 11.9 Å². The second-order valence-electron chi connectivity index (χ2n) is 5.46. The summed E-state index contributed by atoms with van der Waals surface area (Å²) in [4.78, 5) is 13.9. The van der Waals surface area contributed by atoms with Crippen molar-refractivity contribution in [1.82, 2.24) is 4.90 Å². The molecule has 0 spiro atoms. The van der Waals surface area contributed by atoms with Gasteiger partial charge in [-0.05, 0) is 30.1 Å². The molecule has 1 N–H and O–H groups in total. The van der Waals surface area contributed by atoms with E-state index in [1.165, 1.54) is 5.56 Å². The van der Waals surface area contributed by atoms with Gasteiger partial charge in [0.1, 0.15) is 0 Å². The van der Waals surface area contributed by atoms with Crippen molar-refractivity contribution in [2.24, 2.45) is 5.92 Å². The lowest BCUT2D eigenvalue weighted by atomic mass is 9.96. The van der Waals surface area contributed by atoms with Gasteiger partial charge in [-0.15, -0.1) is 0 Å². The number of aliphatic hydroxyl groups excluding tert-OH is 1. The molecule has 1 aromatic carbocycles. The summed E-state index contributed by atoms with van der Waals surface area (Å²) >= 11 is 1.68. The lowest BCUT2D eigenvalue weighted by Gasteiger charge is -2.34. The van der Waals surface area contributed by atoms with Crippen LogP contribution in [0.4, 0.5) is 0 Å². The Kier molecular flexibility index (Phi) is 5.92. The molecule has 4 heteroatoms. The molecule has 0 aromatic heterocycles. The normalized spacial score (nSPS) is 22.8. The first kappa shape index (κ1) is 15.4. The standard InChI is InChI=1S/C16H23NO2S/c1-13-7-9-17(11-15(13)18)16(19)12-20-10-8-14-5-3-2-4-6-14/h2-6,13,15,18H,7-12H2,1H3. The first-order valence-electron chi connectivity index (χ1n) is 7.24. The van der Waals surface area contributed by atoms with Crippen LogP contribution in [-0.2, 0) is 11.2 Å². The molecule has 3 nitrogen and oxygen atoms in total. The van der Waals surface area contributed by atoms with E-state index in [2.05, 4.69) is 12.1 Å². The smallest absolute Gasteiger partial charge is 0.232 e. The summed E-state index contributed by atoms with van der Waals surface area (Å²) in [6.45, 7) is 3.33. The molecule has 2 rings (SSSR count). The number of carbonyl (C=O) groups excluding carboxylic acids is 1. The third-order valence-corrected chi connectivity index (χ3v) is 4.82. The van der Waals surface area contributed by atoms with Crippen LogP contribution in [0.1, 0.15) is 18.9 Å². The summed E-state index contributed by atoms with van der Waals surface area (Å²) in [5, 5.41) is 9.82. The molecule has 1 aromatic rings. The minimum absolute atomic E-state index is 0.161. The lowest BCUT2D eigenvalue weighted by molar-refractivity contribution is -0.132. The Morgan fingerprint density at radius 2 is 2.15 bits per heavy atom. The Morgan fingerprint density at radius 3 is 2.85 bits per heavy atom. The summed E-state index contributed by atoms with van der Waals surface area (Å²) in [5.41, 5.74) is 1.31. The highest BCUT2D eigenvalue weighted by Gasteiger charge is 2.26. The fraction of sp³-hybridized carbons (Fsp3) is 0.562. The van der Waals surface area contributed by atoms with Crippen LogP contribution in [0.3, 0.4) is 0 Å². The first-order chi connectivity index (χ1) is 9.66. The molecule has 1 heterocycles. The van der Waals surface area contributed by atoms with Crippen LogP contribution in [0, 0.1) is 5.92 Å². The van der Waals surface area contributed by atoms with E-state index >= 15 is 0 Å². The molecule has 0 aliphatic carbocycles. The maximum absolute atomic E-state index is 12.1. The van der Waals surface area contributed by atoms with Gasteiger partial charge in [-0.25, -0.2) is 0 Å². The molecular formula is C16H23NO2S. The van der Waals surface area contributed by atoms with Crippen molar-refractivity contribution < 1.29 is 9.90 Å². The van der Waals surface area contributed by atoms with Crippen LogP contribution in [-0.4, -0.2) is 46.6 Å². The van der Waals surface area contributed by atoms with Gasteiger partial charge in [0.2, 0.25) is 5.91 Å². The summed E-state index contributed by atoms with van der Waals surface area (Å²) < 4.78 is 0. The zero-order valence-electron chi connectivity index (χ0n) is 12.0. The van der Waals surface area contributed by atoms with Gasteiger partial charge < -0.3 is 10.0 Å². The highest BCUT2D eigenvalue weighted by atomic mass is 32.2. The Labute approximate surface area is 125 Å². The first-order valence-corrected chi connectivity index (χ1v) is 8.40. The van der Waals surface area contributed by atoms with Gasteiger partial charge in [-0.2, -0.15) is 11.8 Å². The lowest BCUT2D eigenvalue weighted by Crippen LogP contribution is -2.46. The molecule has 2 unspecified atom stereocenters. The molecule has 0 saturated carbocycles. The molecule has 0 radical (unpaired) electrons. The number of likely N-dealkylation sites (tertiary alicyclic amines) is 1. The predicted octanol–water partition coefficient (Wildman–Crippen LogP) is 2.19. The summed E-state index contributed by atoms with van der Waals surface area (Å²) in [5.74, 6) is 1.95. The van der Waals surface area contributed by atoms with Crippen LogP contribution in [0.15, 0.2) is 30.3 Å². The number of benzene rings is 1. The zero-order chi connectivity index (χ0) is 14.4. The number of aryl methyl sites for hydroxylation is 1. The zero-order valence-corrected chi connectivity index (χ0v) is 12.8. The third kappa shape index (κ3) is 4.53. The van der Waals surface area contributed by atoms with Gasteiger partial charge in [0.25, 0.3) is 0 Å². The third-order valence-electron chi connectivity index (χ3n) is 3.87. The van der Waals surface area contributed by atoms with Crippen molar-refractivity contribution in [3.05, 3.63) is 35.9 Å². The minimum Gasteiger partial charge on any atom is -0.391 e. The van der Waals surface area contributed by atoms with Gasteiger partial charge in [0, 0.05) is 13.1 Å². The van der Waals surface area contributed by atoms with Crippen molar-refractivity contribution in [2.75, 3.05) is 24.6 Å². The predicted molar refractivity (Wildman–Crippen MR) is 83.8 cm³/mol. The van der Waals surface area contributed by atoms with Gasteiger partial charge in [-0.1, -0.05) is 37.3 Å². The average molecular weight is 293 g/mol. The van der Waals surface area contributed by atoms with E-state index in [1.807, 2.05) is 25.1 Å². The van der Waals surface area contributed by atoms with Crippen molar-refractivity contribution in [2.45, 2.75) is 25.9 Å². The molecule has 110 valence electrons. The highest BCUT2D eigenvalue weighted by molar-refractivity contribution is 7.99. The Balaban J connectivity index is 1.65. The molecule has 2 atom stereocenters. The molecule has 1 amide bonds. The maximum atomic E-state index is 12.1. The van der Waals surface area contributed by atoms with E-state index in [-0.39, 0.29) is 12.0 Å². The van der Waals surface area contributed by atoms with Crippen LogP contribution in [0.2, 0.25) is 0 Å². The second kappa shape index (κ2) is 7.70. The molecule has 1 fully saturated rings. The van der Waals surface area contributed by atoms with Crippen LogP contribution in [0.5, 0.6) is 0 Å². The topological polar surface area (TPSA) is 40.5 Å². The van der Waals surface area contributed by atoms with E-state index in [1.54, 1.807) is 16.7 Å². The quantitative estimate of drug-likeness (QED) is 0.846. The summed E-state index contributed by atoms with van der Waals surface area (Å²) in [6, 6.07) is 10.3. The SMILES string of the molecule is CC1CCN(C(=O)CSCCc2ccccc2)CC1O. The molecule has 20 heavy (non-hydrogen) atoms. The average Bonchev–Trinajstić information content (AvgIpc) is 2.47. The number of β-amino-alcohol motifs (C(OH)–C–C–N with tert-alkyl or cyclic N) is 1. The molecule has 0 bridgehead atoms. The van der Waals surface area contributed by atoms with Crippen LogP contribution >= 0.6 is 11.8 Å². The second-order valence-corrected chi connectivity index (χ2v) is 6.57. The molecule has 1 saturated heterocycles. The largest absolute Gasteiger partial charge is 0.391 e. The minimum atomic E-state index is -0.359. The number of amides is 1. The number of piperidine rings is 1. The number of aliphatic hydroxyl groups is 1. The number of hydrogen-bond acceptors (Lipinski definition) is 3. The van der Waals surface area contributed by atoms with Crippen LogP contribution in [0.25, 0.3) is 0 Å². The van der Waals surface area contributed by atoms with E-state index < -0.39 is 0 Å². The number of thioether (sulfide) groups is 1. The van der Waals surface area contributed by atoms with E-state index in [0.717, 1.165) is 25.1 Å². The monoisotopic (exact) mass is 293 g/mol. The number of hydrogen-bond donors (Lipinski definition) is 1. The fourth-order valence-electron chi connectivity index (χ4n) is 2.36. The number of rotatable bonds is 5. The Morgan fingerprint density at radius 1 is 1.40 bits per heavy atom. The Bertz CT molecular complexity index is 424. The van der Waals surface area contributed by atoms with Gasteiger partial charge in [-0.3, -0.25) is 4.79 Å². The molecule has 1 aliphatic rings. The fourth-order valence-corrected chi connectivity index (χ4v) is 3.24. The number of carbonyl (C=O) groups is 1. The van der Waals surface area contributed by atoms with E-state index in [0.29, 0.717) is 18.2 Å². The van der Waals surface area contributed by atoms with Crippen molar-refractivity contribution >= 4 is 17.7 Å². The highest BCUT2D eigenvalue weighted by Crippen LogP contribution is 2.18. The van der Waals surface area contributed by atoms with E-state index in [9.17, 15) is 9.90 Å². The van der Waals surface area contributed by atoms with Gasteiger partial charge in [0.15, 0.2) is 0 Å². The maximum Gasteiger partial charge on any atom is 0.232 e. The summed E-state index contributed by atoms with van der Waals surface area (Å²) in [7, 11) is 0. The van der Waals surface area contributed by atoms with Crippen molar-refractivity contribution in [1.29, 1.82) is 0 Å². The van der Waals surface area contributed by atoms with Crippen LogP contribution < -0.4 is 0 Å². The Hall–Kier alpha value is -1.00. The van der Waals surface area contributed by atoms with Gasteiger partial charge >= 0.3 is 0 Å². The van der Waals surface area contributed by atoms with E-state index in [4.69, 9.17) is 0 Å². The molecular weight excluding hydrogens is 270 g/mol.